The van der Waals surface area contributed by atoms with Gasteiger partial charge in [-0.1, -0.05) is 6.42 Å². The third kappa shape index (κ3) is 3.40. The van der Waals surface area contributed by atoms with Crippen molar-refractivity contribution in [1.82, 2.24) is 9.21 Å². The molecule has 0 aromatic carbocycles. The minimum atomic E-state index is -3.45. The Labute approximate surface area is 127 Å². The first kappa shape index (κ1) is 16.7. The van der Waals surface area contributed by atoms with Gasteiger partial charge in [-0.2, -0.15) is 0 Å². The van der Waals surface area contributed by atoms with Gasteiger partial charge >= 0.3 is 5.97 Å². The predicted octanol–water partition coefficient (Wildman–Crippen LogP) is 0.684. The second-order valence-electron chi connectivity index (χ2n) is 6.19. The average molecular weight is 318 g/mol. The molecule has 0 radical (unpaired) electrons. The summed E-state index contributed by atoms with van der Waals surface area (Å²) in [6, 6.07) is 0.0464. The van der Waals surface area contributed by atoms with Crippen LogP contribution < -0.4 is 0 Å². The molecule has 2 rings (SSSR count). The van der Waals surface area contributed by atoms with Gasteiger partial charge in [0, 0.05) is 13.1 Å². The number of rotatable bonds is 4. The summed E-state index contributed by atoms with van der Waals surface area (Å²) in [5, 5.41) is -0.616. The van der Waals surface area contributed by atoms with Crippen molar-refractivity contribution in [2.45, 2.75) is 43.4 Å². The lowest BCUT2D eigenvalue weighted by molar-refractivity contribution is -0.145. The first-order valence-electron chi connectivity index (χ1n) is 7.61. The summed E-state index contributed by atoms with van der Waals surface area (Å²) in [6.45, 7) is 1.82. The summed E-state index contributed by atoms with van der Waals surface area (Å²) >= 11 is 0. The molecule has 0 N–H and O–H groups in total. The minimum absolute atomic E-state index is 0.0464. The number of esters is 1. The Morgan fingerprint density at radius 3 is 2.38 bits per heavy atom. The van der Waals surface area contributed by atoms with Crippen molar-refractivity contribution in [3.63, 3.8) is 0 Å². The van der Waals surface area contributed by atoms with Crippen LogP contribution in [-0.2, 0) is 19.6 Å². The van der Waals surface area contributed by atoms with E-state index in [0.29, 0.717) is 12.8 Å². The van der Waals surface area contributed by atoms with Crippen molar-refractivity contribution in [2.24, 2.45) is 5.92 Å². The maximum atomic E-state index is 12.8. The first-order valence-corrected chi connectivity index (χ1v) is 9.11. The third-order valence-corrected chi connectivity index (χ3v) is 7.37. The number of methoxy groups -OCH3 is 1. The van der Waals surface area contributed by atoms with Crippen molar-refractivity contribution in [1.29, 1.82) is 0 Å². The maximum absolute atomic E-state index is 12.8. The van der Waals surface area contributed by atoms with E-state index in [1.54, 1.807) is 7.05 Å². The standard InChI is InChI=1S/C14H26N2O4S/c1-15-9-7-11(8-10-15)16(2)21(18,19)13-6-4-5-12(13)14(17)20-3/h11-13H,4-10H2,1-3H3. The van der Waals surface area contributed by atoms with Crippen LogP contribution in [0.5, 0.6) is 0 Å². The van der Waals surface area contributed by atoms with Gasteiger partial charge in [0.25, 0.3) is 0 Å². The van der Waals surface area contributed by atoms with Crippen LogP contribution in [0.1, 0.15) is 32.1 Å². The molecule has 1 saturated heterocycles. The second-order valence-corrected chi connectivity index (χ2v) is 8.41. The van der Waals surface area contributed by atoms with Gasteiger partial charge in [-0.05, 0) is 45.8 Å². The van der Waals surface area contributed by atoms with Gasteiger partial charge in [0.2, 0.25) is 10.0 Å². The highest BCUT2D eigenvalue weighted by Crippen LogP contribution is 2.34. The SMILES string of the molecule is COC(=O)C1CCCC1S(=O)(=O)N(C)C1CCN(C)CC1. The van der Waals surface area contributed by atoms with E-state index in [1.807, 2.05) is 0 Å². The molecule has 1 aliphatic carbocycles. The number of carbonyl (C=O) groups is 1. The van der Waals surface area contributed by atoms with Crippen LogP contribution >= 0.6 is 0 Å². The second kappa shape index (κ2) is 6.62. The molecular weight excluding hydrogens is 292 g/mol. The lowest BCUT2D eigenvalue weighted by Crippen LogP contribution is -2.48. The molecule has 1 heterocycles. The number of sulfonamides is 1. The van der Waals surface area contributed by atoms with Crippen LogP contribution in [0.25, 0.3) is 0 Å². The number of nitrogens with zero attached hydrogens (tertiary/aromatic N) is 2. The minimum Gasteiger partial charge on any atom is -0.469 e. The molecule has 1 aliphatic heterocycles. The van der Waals surface area contributed by atoms with Gasteiger partial charge in [0.15, 0.2) is 0 Å². The van der Waals surface area contributed by atoms with Gasteiger partial charge in [-0.15, -0.1) is 0 Å². The molecule has 7 heteroatoms. The topological polar surface area (TPSA) is 66.9 Å². The normalized spacial score (nSPS) is 29.0. The highest BCUT2D eigenvalue weighted by atomic mass is 32.2. The van der Waals surface area contributed by atoms with Gasteiger partial charge < -0.3 is 9.64 Å². The fraction of sp³-hybridized carbons (Fsp3) is 0.929. The third-order valence-electron chi connectivity index (χ3n) is 4.94. The molecule has 0 bridgehead atoms. The number of hydrogen-bond donors (Lipinski definition) is 0. The van der Waals surface area contributed by atoms with Crippen molar-refractivity contribution in [3.05, 3.63) is 0 Å². The van der Waals surface area contributed by atoms with Gasteiger partial charge in [0.05, 0.1) is 18.3 Å². The molecule has 0 amide bonds. The van der Waals surface area contributed by atoms with E-state index in [-0.39, 0.29) is 6.04 Å². The quantitative estimate of drug-likeness (QED) is 0.713. The lowest BCUT2D eigenvalue weighted by atomic mass is 10.1. The van der Waals surface area contributed by atoms with E-state index in [1.165, 1.54) is 11.4 Å². The summed E-state index contributed by atoms with van der Waals surface area (Å²) in [4.78, 5) is 14.0. The van der Waals surface area contributed by atoms with Crippen LogP contribution in [0.3, 0.4) is 0 Å². The number of likely N-dealkylation sites (tertiary alicyclic amines) is 1. The Morgan fingerprint density at radius 2 is 1.81 bits per heavy atom. The molecule has 0 spiro atoms. The Bertz CT molecular complexity index is 471. The monoisotopic (exact) mass is 318 g/mol. The number of hydrogen-bond acceptors (Lipinski definition) is 5. The summed E-state index contributed by atoms with van der Waals surface area (Å²) in [6.07, 6.45) is 3.63. The number of piperidine rings is 1. The highest BCUT2D eigenvalue weighted by Gasteiger charge is 2.45. The molecule has 0 aromatic rings. The zero-order chi connectivity index (χ0) is 15.6. The van der Waals surface area contributed by atoms with Crippen molar-refractivity contribution in [3.8, 4) is 0 Å². The van der Waals surface area contributed by atoms with E-state index in [9.17, 15) is 13.2 Å². The van der Waals surface area contributed by atoms with E-state index >= 15 is 0 Å². The fourth-order valence-corrected chi connectivity index (χ4v) is 5.66. The van der Waals surface area contributed by atoms with Crippen LogP contribution in [0.15, 0.2) is 0 Å². The van der Waals surface area contributed by atoms with E-state index in [2.05, 4.69) is 11.9 Å². The summed E-state index contributed by atoms with van der Waals surface area (Å²) < 4.78 is 32.0. The Hall–Kier alpha value is -0.660. The van der Waals surface area contributed by atoms with Crippen molar-refractivity contribution >= 4 is 16.0 Å². The predicted molar refractivity (Wildman–Crippen MR) is 80.3 cm³/mol. The molecular formula is C14H26N2O4S. The van der Waals surface area contributed by atoms with Gasteiger partial charge in [-0.3, -0.25) is 4.79 Å². The molecule has 6 nitrogen and oxygen atoms in total. The summed E-state index contributed by atoms with van der Waals surface area (Å²) in [5.41, 5.74) is 0. The molecule has 2 unspecified atom stereocenters. The molecule has 0 aromatic heterocycles. The van der Waals surface area contributed by atoms with E-state index in [0.717, 1.165) is 32.4 Å². The number of carbonyl (C=O) groups excluding carboxylic acids is 1. The molecule has 122 valence electrons. The summed E-state index contributed by atoms with van der Waals surface area (Å²) in [7, 11) is 1.59. The maximum Gasteiger partial charge on any atom is 0.310 e. The lowest BCUT2D eigenvalue weighted by Gasteiger charge is -2.36. The van der Waals surface area contributed by atoms with Crippen LogP contribution in [0, 0.1) is 5.92 Å². The zero-order valence-electron chi connectivity index (χ0n) is 13.1. The first-order chi connectivity index (χ1) is 9.87. The van der Waals surface area contributed by atoms with Crippen LogP contribution in [0.2, 0.25) is 0 Å². The van der Waals surface area contributed by atoms with Gasteiger partial charge in [-0.25, -0.2) is 12.7 Å². The molecule has 2 aliphatic rings. The molecule has 21 heavy (non-hydrogen) atoms. The Kier molecular flexibility index (Phi) is 5.27. The molecule has 1 saturated carbocycles. The number of ether oxygens (including phenoxy) is 1. The molecule has 2 fully saturated rings. The van der Waals surface area contributed by atoms with Crippen molar-refractivity contribution in [2.75, 3.05) is 34.3 Å². The van der Waals surface area contributed by atoms with Crippen LogP contribution in [0.4, 0.5) is 0 Å². The fourth-order valence-electron chi connectivity index (χ4n) is 3.48. The largest absolute Gasteiger partial charge is 0.469 e. The van der Waals surface area contributed by atoms with Crippen LogP contribution in [-0.4, -0.2) is 69.2 Å². The Balaban J connectivity index is 2.11. The van der Waals surface area contributed by atoms with E-state index < -0.39 is 27.2 Å². The smallest absolute Gasteiger partial charge is 0.310 e. The van der Waals surface area contributed by atoms with Crippen molar-refractivity contribution < 1.29 is 17.9 Å². The average Bonchev–Trinajstić information content (AvgIpc) is 2.96. The van der Waals surface area contributed by atoms with Gasteiger partial charge in [0.1, 0.15) is 0 Å². The Morgan fingerprint density at radius 1 is 1.19 bits per heavy atom. The molecule has 2 atom stereocenters. The highest BCUT2D eigenvalue weighted by molar-refractivity contribution is 7.89. The zero-order valence-corrected chi connectivity index (χ0v) is 13.9. The van der Waals surface area contributed by atoms with E-state index in [4.69, 9.17) is 4.74 Å². The summed E-state index contributed by atoms with van der Waals surface area (Å²) in [5.74, 6) is -0.897.